The number of methoxy groups -OCH3 is 1. The smallest absolute Gasteiger partial charge is 0.341 e. The first-order valence-electron chi connectivity index (χ1n) is 3.52. The van der Waals surface area contributed by atoms with Crippen LogP contribution in [0.25, 0.3) is 0 Å². The zero-order valence-corrected chi connectivity index (χ0v) is 8.78. The quantitative estimate of drug-likeness (QED) is 0.738. The normalized spacial score (nSPS) is 14.4. The molecule has 13 heavy (non-hydrogen) atoms. The molecule has 1 heterocycles. The fraction of sp³-hybridized carbons (Fsp3) is 0.429. The van der Waals surface area contributed by atoms with E-state index in [-0.39, 0.29) is 10.3 Å². The monoisotopic (exact) mass is 224 g/mol. The van der Waals surface area contributed by atoms with E-state index in [2.05, 4.69) is 0 Å². The van der Waals surface area contributed by atoms with Crippen molar-refractivity contribution in [3.8, 4) is 0 Å². The van der Waals surface area contributed by atoms with Crippen LogP contribution in [0.2, 0.25) is 0 Å². The number of halogens is 1. The van der Waals surface area contributed by atoms with E-state index in [0.717, 1.165) is 11.3 Å². The van der Waals surface area contributed by atoms with E-state index in [1.807, 2.05) is 0 Å². The lowest BCUT2D eigenvalue weighted by Crippen LogP contribution is -1.91. The molecule has 1 atom stereocenters. The minimum Gasteiger partial charge on any atom is -0.376 e. The second-order valence-electron chi connectivity index (χ2n) is 2.47. The van der Waals surface area contributed by atoms with Crippen LogP contribution in [0.4, 0.5) is 3.89 Å². The molecule has 0 N–H and O–H groups in total. The van der Waals surface area contributed by atoms with E-state index in [1.165, 1.54) is 13.2 Å². The van der Waals surface area contributed by atoms with Gasteiger partial charge in [-0.3, -0.25) is 0 Å². The number of hydrogen-bond donors (Lipinski definition) is 0. The summed E-state index contributed by atoms with van der Waals surface area (Å²) in [6, 6.07) is 2.79. The lowest BCUT2D eigenvalue weighted by Gasteiger charge is -2.04. The van der Waals surface area contributed by atoms with Gasteiger partial charge in [0.15, 0.2) is 4.21 Å². The molecular weight excluding hydrogens is 215 g/mol. The molecular formula is C7H9FO3S2. The SMILES string of the molecule is COC(C)c1ccc(S(=O)(=O)F)s1. The number of hydrogen-bond acceptors (Lipinski definition) is 4. The zero-order valence-electron chi connectivity index (χ0n) is 7.15. The molecule has 0 bridgehead atoms. The lowest BCUT2D eigenvalue weighted by atomic mass is 10.3. The highest BCUT2D eigenvalue weighted by Gasteiger charge is 2.16. The van der Waals surface area contributed by atoms with E-state index < -0.39 is 10.2 Å². The molecule has 6 heteroatoms. The summed E-state index contributed by atoms with van der Waals surface area (Å²) in [5, 5.41) is 0. The van der Waals surface area contributed by atoms with Crippen LogP contribution in [-0.2, 0) is 15.0 Å². The van der Waals surface area contributed by atoms with E-state index >= 15 is 0 Å². The van der Waals surface area contributed by atoms with E-state index in [9.17, 15) is 12.3 Å². The molecule has 0 saturated heterocycles. The van der Waals surface area contributed by atoms with Crippen LogP contribution in [0, 0.1) is 0 Å². The Balaban J connectivity index is 3.00. The number of ether oxygens (including phenoxy) is 1. The largest absolute Gasteiger partial charge is 0.376 e. The third-order valence-electron chi connectivity index (χ3n) is 1.60. The van der Waals surface area contributed by atoms with Gasteiger partial charge in [-0.15, -0.1) is 11.3 Å². The molecule has 0 aliphatic rings. The number of thiophene rings is 1. The van der Waals surface area contributed by atoms with Crippen LogP contribution >= 0.6 is 11.3 Å². The van der Waals surface area contributed by atoms with Crippen molar-refractivity contribution in [3.05, 3.63) is 17.0 Å². The highest BCUT2D eigenvalue weighted by molar-refractivity contribution is 7.88. The van der Waals surface area contributed by atoms with Gasteiger partial charge in [0.25, 0.3) is 0 Å². The molecule has 0 aliphatic carbocycles. The molecule has 1 aromatic rings. The highest BCUT2D eigenvalue weighted by Crippen LogP contribution is 2.28. The van der Waals surface area contributed by atoms with E-state index in [4.69, 9.17) is 4.74 Å². The molecule has 0 fully saturated rings. The Labute approximate surface area is 80.4 Å². The first kappa shape index (κ1) is 10.6. The van der Waals surface area contributed by atoms with Gasteiger partial charge in [-0.2, -0.15) is 8.42 Å². The lowest BCUT2D eigenvalue weighted by molar-refractivity contribution is 0.122. The summed E-state index contributed by atoms with van der Waals surface area (Å²) >= 11 is 0.885. The Morgan fingerprint density at radius 1 is 1.54 bits per heavy atom. The summed E-state index contributed by atoms with van der Waals surface area (Å²) in [6.07, 6.45) is -0.208. The maximum atomic E-state index is 12.4. The van der Waals surface area contributed by atoms with Crippen LogP contribution in [0.15, 0.2) is 16.3 Å². The van der Waals surface area contributed by atoms with Crippen molar-refractivity contribution in [3.63, 3.8) is 0 Å². The Kier molecular flexibility index (Phi) is 3.05. The summed E-state index contributed by atoms with van der Waals surface area (Å²) in [5.41, 5.74) is 0. The minimum atomic E-state index is -4.56. The van der Waals surface area contributed by atoms with Crippen LogP contribution < -0.4 is 0 Å². The van der Waals surface area contributed by atoms with Crippen molar-refractivity contribution in [1.29, 1.82) is 0 Å². The third-order valence-corrected chi connectivity index (χ3v) is 4.10. The maximum absolute atomic E-state index is 12.4. The molecule has 1 unspecified atom stereocenters. The molecule has 0 spiro atoms. The van der Waals surface area contributed by atoms with Crippen molar-refractivity contribution < 1.29 is 17.0 Å². The topological polar surface area (TPSA) is 43.4 Å². The van der Waals surface area contributed by atoms with Crippen molar-refractivity contribution in [1.82, 2.24) is 0 Å². The molecule has 1 rings (SSSR count). The Bertz CT molecular complexity index is 382. The van der Waals surface area contributed by atoms with Gasteiger partial charge < -0.3 is 4.74 Å². The molecule has 74 valence electrons. The van der Waals surface area contributed by atoms with Crippen molar-refractivity contribution >= 4 is 21.6 Å². The maximum Gasteiger partial charge on any atom is 0.341 e. The first-order valence-corrected chi connectivity index (χ1v) is 5.72. The van der Waals surface area contributed by atoms with Crippen LogP contribution in [0.3, 0.4) is 0 Å². The van der Waals surface area contributed by atoms with Crippen LogP contribution in [0.1, 0.15) is 17.9 Å². The fourth-order valence-electron chi connectivity index (χ4n) is 0.800. The van der Waals surface area contributed by atoms with Gasteiger partial charge in [0.2, 0.25) is 0 Å². The van der Waals surface area contributed by atoms with E-state index in [1.54, 1.807) is 13.0 Å². The second kappa shape index (κ2) is 3.73. The average molecular weight is 224 g/mol. The minimum absolute atomic E-state index is 0.208. The van der Waals surface area contributed by atoms with Crippen LogP contribution in [-0.4, -0.2) is 15.5 Å². The predicted octanol–water partition coefficient (Wildman–Crippen LogP) is 2.11. The molecule has 0 aromatic carbocycles. The summed E-state index contributed by atoms with van der Waals surface area (Å²) < 4.78 is 38.0. The molecule has 0 saturated carbocycles. The summed E-state index contributed by atoms with van der Waals surface area (Å²) in [4.78, 5) is 0.693. The highest BCUT2D eigenvalue weighted by atomic mass is 32.3. The molecule has 0 amide bonds. The van der Waals surface area contributed by atoms with E-state index in [0.29, 0.717) is 4.88 Å². The van der Waals surface area contributed by atoms with Gasteiger partial charge in [0.1, 0.15) is 0 Å². The van der Waals surface area contributed by atoms with Gasteiger partial charge in [-0.25, -0.2) is 0 Å². The molecule has 0 aliphatic heterocycles. The third kappa shape index (κ3) is 2.49. The first-order chi connectivity index (χ1) is 5.95. The fourth-order valence-corrected chi connectivity index (χ4v) is 2.48. The Morgan fingerprint density at radius 2 is 2.15 bits per heavy atom. The van der Waals surface area contributed by atoms with Gasteiger partial charge in [-0.1, -0.05) is 3.89 Å². The van der Waals surface area contributed by atoms with Gasteiger partial charge >= 0.3 is 10.2 Å². The van der Waals surface area contributed by atoms with Gasteiger partial charge in [-0.05, 0) is 19.1 Å². The summed E-state index contributed by atoms with van der Waals surface area (Å²) in [7, 11) is -3.05. The summed E-state index contributed by atoms with van der Waals surface area (Å²) in [6.45, 7) is 1.76. The standard InChI is InChI=1S/C7H9FO3S2/c1-5(11-2)6-3-4-7(12-6)13(8,9)10/h3-5H,1-2H3. The Hall–Kier alpha value is -0.460. The summed E-state index contributed by atoms with van der Waals surface area (Å²) in [5.74, 6) is 0. The average Bonchev–Trinajstić information content (AvgIpc) is 2.50. The number of rotatable bonds is 3. The predicted molar refractivity (Wildman–Crippen MR) is 48.0 cm³/mol. The van der Waals surface area contributed by atoms with Crippen molar-refractivity contribution in [2.24, 2.45) is 0 Å². The van der Waals surface area contributed by atoms with Crippen LogP contribution in [0.5, 0.6) is 0 Å². The van der Waals surface area contributed by atoms with Crippen molar-refractivity contribution in [2.45, 2.75) is 17.2 Å². The zero-order chi connectivity index (χ0) is 10.1. The van der Waals surface area contributed by atoms with Gasteiger partial charge in [0.05, 0.1) is 6.10 Å². The second-order valence-corrected chi connectivity index (χ2v) is 5.16. The molecule has 1 aromatic heterocycles. The van der Waals surface area contributed by atoms with Gasteiger partial charge in [0, 0.05) is 12.0 Å². The van der Waals surface area contributed by atoms with Crippen molar-refractivity contribution in [2.75, 3.05) is 7.11 Å². The Morgan fingerprint density at radius 3 is 2.54 bits per heavy atom. The molecule has 3 nitrogen and oxygen atoms in total. The molecule has 0 radical (unpaired) electrons.